The van der Waals surface area contributed by atoms with Crippen LogP contribution in [-0.4, -0.2) is 70.8 Å². The molecule has 0 amide bonds. The summed E-state index contributed by atoms with van der Waals surface area (Å²) in [5.41, 5.74) is 2.47. The summed E-state index contributed by atoms with van der Waals surface area (Å²) in [5.74, 6) is 0.780. The predicted octanol–water partition coefficient (Wildman–Crippen LogP) is 3.17. The van der Waals surface area contributed by atoms with E-state index < -0.39 is 37.1 Å². The van der Waals surface area contributed by atoms with Crippen LogP contribution in [0, 0.1) is 0 Å². The van der Waals surface area contributed by atoms with E-state index in [4.69, 9.17) is 25.8 Å². The van der Waals surface area contributed by atoms with Gasteiger partial charge in [-0.25, -0.2) is 0 Å². The molecule has 8 heteroatoms. The molecule has 1 saturated heterocycles. The van der Waals surface area contributed by atoms with E-state index in [0.717, 1.165) is 29.7 Å². The Balaban J connectivity index is 1.34. The molecule has 1 aliphatic carbocycles. The molecule has 2 aliphatic rings. The summed E-state index contributed by atoms with van der Waals surface area (Å²) < 4.78 is 17.4. The van der Waals surface area contributed by atoms with Gasteiger partial charge in [0.1, 0.15) is 42.9 Å². The van der Waals surface area contributed by atoms with Gasteiger partial charge in [0, 0.05) is 5.02 Å². The molecule has 1 heterocycles. The van der Waals surface area contributed by atoms with Gasteiger partial charge >= 0.3 is 0 Å². The Labute approximate surface area is 211 Å². The topological polar surface area (TPSA) is 109 Å². The first kappa shape index (κ1) is 26.4. The molecule has 0 radical (unpaired) electrons. The fraction of sp³-hybridized carbons (Fsp3) is 0.556. The van der Waals surface area contributed by atoms with E-state index in [2.05, 4.69) is 0 Å². The van der Waals surface area contributed by atoms with Gasteiger partial charge in [-0.2, -0.15) is 0 Å². The van der Waals surface area contributed by atoms with Crippen molar-refractivity contribution in [2.75, 3.05) is 19.8 Å². The number of aliphatic hydroxyl groups is 4. The molecule has 2 aromatic rings. The Morgan fingerprint density at radius 3 is 2.34 bits per heavy atom. The summed E-state index contributed by atoms with van der Waals surface area (Å²) >= 11 is 6.44. The summed E-state index contributed by atoms with van der Waals surface area (Å²) in [4.78, 5) is 0. The summed E-state index contributed by atoms with van der Waals surface area (Å²) in [6.45, 7) is 0.638. The second-order valence-electron chi connectivity index (χ2n) is 9.40. The normalized spacial score (nSPS) is 27.6. The lowest BCUT2D eigenvalue weighted by Crippen LogP contribution is -2.55. The molecule has 0 bridgehead atoms. The van der Waals surface area contributed by atoms with Crippen molar-refractivity contribution in [3.05, 3.63) is 64.2 Å². The minimum atomic E-state index is -1.43. The van der Waals surface area contributed by atoms with Crippen LogP contribution in [0.1, 0.15) is 54.9 Å². The van der Waals surface area contributed by atoms with Crippen LogP contribution in [-0.2, 0) is 15.9 Å². The van der Waals surface area contributed by atoms with E-state index in [9.17, 15) is 20.4 Å². The average Bonchev–Trinajstić information content (AvgIpc) is 2.88. The van der Waals surface area contributed by atoms with Crippen molar-refractivity contribution in [1.29, 1.82) is 0 Å². The zero-order valence-electron chi connectivity index (χ0n) is 19.8. The number of hydrogen-bond donors (Lipinski definition) is 4. The van der Waals surface area contributed by atoms with E-state index in [1.807, 2.05) is 30.3 Å². The van der Waals surface area contributed by atoms with E-state index in [1.165, 1.54) is 19.3 Å². The molecular formula is C27H35ClO7. The second-order valence-corrected chi connectivity index (χ2v) is 9.81. The standard InChI is InChI=1S/C27H35ClO7/c28-22-11-8-18(27-26(32)25(31)24(30)23(16-29)35-27)15-19(22)14-17-6-9-21(10-7-17)34-13-12-33-20-4-2-1-3-5-20/h6-11,15,20,23-27,29-32H,1-5,12-14,16H2/t23-,24-,25+,26-,27+/m1/s1. The molecule has 0 aromatic heterocycles. The van der Waals surface area contributed by atoms with Gasteiger partial charge in [0.05, 0.1) is 19.3 Å². The van der Waals surface area contributed by atoms with Crippen molar-refractivity contribution in [3.8, 4) is 5.75 Å². The van der Waals surface area contributed by atoms with E-state index in [0.29, 0.717) is 36.3 Å². The Morgan fingerprint density at radius 2 is 1.63 bits per heavy atom. The van der Waals surface area contributed by atoms with Crippen LogP contribution in [0.4, 0.5) is 0 Å². The average molecular weight is 507 g/mol. The summed E-state index contributed by atoms with van der Waals surface area (Å²) in [6.07, 6.45) is 1.03. The van der Waals surface area contributed by atoms with Crippen molar-refractivity contribution in [2.24, 2.45) is 0 Å². The third kappa shape index (κ3) is 6.74. The molecule has 7 nitrogen and oxygen atoms in total. The Kier molecular flexibility index (Phi) is 9.41. The Hall–Kier alpha value is -1.71. The van der Waals surface area contributed by atoms with Gasteiger partial charge in [-0.1, -0.05) is 55.1 Å². The summed E-state index contributed by atoms with van der Waals surface area (Å²) in [7, 11) is 0. The lowest BCUT2D eigenvalue weighted by molar-refractivity contribution is -0.231. The highest BCUT2D eigenvalue weighted by molar-refractivity contribution is 6.31. The van der Waals surface area contributed by atoms with Gasteiger partial charge in [0.25, 0.3) is 0 Å². The lowest BCUT2D eigenvalue weighted by atomic mass is 9.90. The summed E-state index contributed by atoms with van der Waals surface area (Å²) in [6, 6.07) is 13.1. The highest BCUT2D eigenvalue weighted by Crippen LogP contribution is 2.34. The molecule has 192 valence electrons. The molecule has 2 fully saturated rings. The molecule has 1 aliphatic heterocycles. The van der Waals surface area contributed by atoms with Crippen LogP contribution in [0.15, 0.2) is 42.5 Å². The number of aliphatic hydroxyl groups excluding tert-OH is 4. The Bertz CT molecular complexity index is 930. The minimum absolute atomic E-state index is 0.373. The largest absolute Gasteiger partial charge is 0.491 e. The molecule has 1 saturated carbocycles. The van der Waals surface area contributed by atoms with Gasteiger partial charge in [0.2, 0.25) is 0 Å². The van der Waals surface area contributed by atoms with E-state index >= 15 is 0 Å². The van der Waals surface area contributed by atoms with Crippen molar-refractivity contribution in [2.45, 2.75) is 75.1 Å². The van der Waals surface area contributed by atoms with Crippen molar-refractivity contribution < 1.29 is 34.6 Å². The highest BCUT2D eigenvalue weighted by atomic mass is 35.5. The molecule has 0 unspecified atom stereocenters. The predicted molar refractivity (Wildman–Crippen MR) is 132 cm³/mol. The molecule has 4 N–H and O–H groups in total. The molecule has 2 aromatic carbocycles. The van der Waals surface area contributed by atoms with Crippen LogP contribution in [0.25, 0.3) is 0 Å². The van der Waals surface area contributed by atoms with Crippen molar-refractivity contribution in [1.82, 2.24) is 0 Å². The third-order valence-corrected chi connectivity index (χ3v) is 7.24. The first-order valence-electron chi connectivity index (χ1n) is 12.4. The van der Waals surface area contributed by atoms with Gasteiger partial charge in [-0.15, -0.1) is 0 Å². The summed E-state index contributed by atoms with van der Waals surface area (Å²) in [5, 5.41) is 40.6. The van der Waals surface area contributed by atoms with Crippen LogP contribution < -0.4 is 4.74 Å². The maximum Gasteiger partial charge on any atom is 0.119 e. The smallest absolute Gasteiger partial charge is 0.119 e. The highest BCUT2D eigenvalue weighted by Gasteiger charge is 2.44. The van der Waals surface area contributed by atoms with Crippen molar-refractivity contribution in [3.63, 3.8) is 0 Å². The molecule has 0 spiro atoms. The first-order chi connectivity index (χ1) is 17.0. The molecule has 4 rings (SSSR count). The fourth-order valence-corrected chi connectivity index (χ4v) is 5.00. The SMILES string of the molecule is OC[C@H]1O[C@@H](c2ccc(Cl)c(Cc3ccc(OCCOC4CCCCC4)cc3)c2)[C@H](O)[C@@H](O)[C@@H]1O. The van der Waals surface area contributed by atoms with Gasteiger partial charge in [0.15, 0.2) is 0 Å². The van der Waals surface area contributed by atoms with E-state index in [1.54, 1.807) is 12.1 Å². The fourth-order valence-electron chi connectivity index (χ4n) is 4.81. The van der Waals surface area contributed by atoms with Crippen LogP contribution in [0.3, 0.4) is 0 Å². The number of rotatable bonds is 9. The Morgan fingerprint density at radius 1 is 0.886 bits per heavy atom. The maximum atomic E-state index is 10.4. The number of ether oxygens (including phenoxy) is 3. The van der Waals surface area contributed by atoms with Crippen LogP contribution in [0.5, 0.6) is 5.75 Å². The third-order valence-electron chi connectivity index (χ3n) is 6.87. The number of halogens is 1. The van der Waals surface area contributed by atoms with Gasteiger partial charge in [-0.05, 0) is 54.2 Å². The number of benzene rings is 2. The lowest BCUT2D eigenvalue weighted by Gasteiger charge is -2.40. The van der Waals surface area contributed by atoms with Gasteiger partial charge in [-0.3, -0.25) is 0 Å². The zero-order chi connectivity index (χ0) is 24.8. The quantitative estimate of drug-likeness (QED) is 0.387. The van der Waals surface area contributed by atoms with Gasteiger partial charge < -0.3 is 34.6 Å². The van der Waals surface area contributed by atoms with Crippen LogP contribution >= 0.6 is 11.6 Å². The monoisotopic (exact) mass is 506 g/mol. The number of hydrogen-bond acceptors (Lipinski definition) is 7. The maximum absolute atomic E-state index is 10.4. The van der Waals surface area contributed by atoms with E-state index in [-0.39, 0.29) is 0 Å². The van der Waals surface area contributed by atoms with Crippen LogP contribution in [0.2, 0.25) is 5.02 Å². The first-order valence-corrected chi connectivity index (χ1v) is 12.8. The molecule has 5 atom stereocenters. The van der Waals surface area contributed by atoms with Crippen molar-refractivity contribution >= 4 is 11.6 Å². The molecule has 35 heavy (non-hydrogen) atoms. The minimum Gasteiger partial charge on any atom is -0.491 e. The zero-order valence-corrected chi connectivity index (χ0v) is 20.5. The second kappa shape index (κ2) is 12.5. The molecular weight excluding hydrogens is 472 g/mol.